The molecule has 2 N–H and O–H groups in total. The van der Waals surface area contributed by atoms with Crippen LogP contribution in [0.2, 0.25) is 10.0 Å². The Hall–Kier alpha value is -2.04. The summed E-state index contributed by atoms with van der Waals surface area (Å²) in [6.45, 7) is 0.358. The molecular weight excluding hydrogens is 323 g/mol. The number of para-hydroxylation sites is 1. The van der Waals surface area contributed by atoms with E-state index in [-0.39, 0.29) is 0 Å². The summed E-state index contributed by atoms with van der Waals surface area (Å²) in [6.07, 6.45) is 0.613. The maximum atomic E-state index is 11.8. The summed E-state index contributed by atoms with van der Waals surface area (Å²) in [4.78, 5) is 23.5. The summed E-state index contributed by atoms with van der Waals surface area (Å²) >= 11 is 11.7. The van der Waals surface area contributed by atoms with Gasteiger partial charge < -0.3 is 10.6 Å². The lowest BCUT2D eigenvalue weighted by Crippen LogP contribution is -2.36. The molecule has 0 aliphatic rings. The van der Waals surface area contributed by atoms with E-state index in [0.29, 0.717) is 28.7 Å². The van der Waals surface area contributed by atoms with Crippen LogP contribution in [0.4, 0.5) is 5.69 Å². The lowest BCUT2D eigenvalue weighted by Gasteiger charge is -2.08. The Labute approximate surface area is 138 Å². The summed E-state index contributed by atoms with van der Waals surface area (Å²) in [5.74, 6) is -1.45. The third kappa shape index (κ3) is 4.76. The van der Waals surface area contributed by atoms with E-state index in [1.54, 1.807) is 36.4 Å². The highest BCUT2D eigenvalue weighted by Crippen LogP contribution is 2.20. The Bertz CT molecular complexity index is 672. The monoisotopic (exact) mass is 336 g/mol. The maximum absolute atomic E-state index is 11.8. The van der Waals surface area contributed by atoms with Crippen molar-refractivity contribution in [3.05, 3.63) is 64.1 Å². The van der Waals surface area contributed by atoms with E-state index < -0.39 is 11.8 Å². The first-order chi connectivity index (χ1) is 10.6. The topological polar surface area (TPSA) is 58.2 Å². The number of amides is 2. The standard InChI is InChI=1S/C16H14Cl2N2O2/c17-12-7-5-11(6-8-12)9-10-19-15(21)16(22)20-14-4-2-1-3-13(14)18/h1-8H,9-10H2,(H,19,21)(H,20,22). The highest BCUT2D eigenvalue weighted by molar-refractivity contribution is 6.41. The third-order valence-electron chi connectivity index (χ3n) is 2.94. The number of carbonyl (C=O) groups excluding carboxylic acids is 2. The van der Waals surface area contributed by atoms with Gasteiger partial charge in [0.15, 0.2) is 0 Å². The second kappa shape index (κ2) is 7.82. The number of hydrogen-bond acceptors (Lipinski definition) is 2. The fraction of sp³-hybridized carbons (Fsp3) is 0.125. The van der Waals surface area contributed by atoms with Crippen molar-refractivity contribution >= 4 is 40.7 Å². The van der Waals surface area contributed by atoms with Crippen molar-refractivity contribution in [1.29, 1.82) is 0 Å². The fourth-order valence-corrected chi connectivity index (χ4v) is 2.10. The molecule has 2 aromatic rings. The van der Waals surface area contributed by atoms with Crippen molar-refractivity contribution in [1.82, 2.24) is 5.32 Å². The van der Waals surface area contributed by atoms with Crippen LogP contribution in [0.1, 0.15) is 5.56 Å². The van der Waals surface area contributed by atoms with Gasteiger partial charge in [0, 0.05) is 11.6 Å². The number of carbonyl (C=O) groups is 2. The Morgan fingerprint density at radius 3 is 2.27 bits per heavy atom. The van der Waals surface area contributed by atoms with Crippen LogP contribution in [0.25, 0.3) is 0 Å². The van der Waals surface area contributed by atoms with Gasteiger partial charge in [-0.25, -0.2) is 0 Å². The molecule has 0 aliphatic heterocycles. The van der Waals surface area contributed by atoms with Gasteiger partial charge >= 0.3 is 11.8 Å². The Kier molecular flexibility index (Phi) is 5.81. The van der Waals surface area contributed by atoms with E-state index in [0.717, 1.165) is 5.56 Å². The first kappa shape index (κ1) is 16.3. The molecule has 2 amide bonds. The van der Waals surface area contributed by atoms with Gasteiger partial charge in [-0.15, -0.1) is 0 Å². The quantitative estimate of drug-likeness (QED) is 0.841. The number of benzene rings is 2. The van der Waals surface area contributed by atoms with Crippen LogP contribution in [0, 0.1) is 0 Å². The second-order valence-corrected chi connectivity index (χ2v) is 5.41. The summed E-state index contributed by atoms with van der Waals surface area (Å²) in [5.41, 5.74) is 1.43. The molecule has 0 aliphatic carbocycles. The van der Waals surface area contributed by atoms with Crippen LogP contribution in [-0.2, 0) is 16.0 Å². The summed E-state index contributed by atoms with van der Waals surface area (Å²) in [5, 5.41) is 6.06. The summed E-state index contributed by atoms with van der Waals surface area (Å²) < 4.78 is 0. The average molecular weight is 337 g/mol. The van der Waals surface area contributed by atoms with Gasteiger partial charge in [0.1, 0.15) is 0 Å². The number of anilines is 1. The summed E-state index contributed by atoms with van der Waals surface area (Å²) in [6, 6.07) is 14.0. The molecular formula is C16H14Cl2N2O2. The molecule has 2 aromatic carbocycles. The predicted octanol–water partition coefficient (Wildman–Crippen LogP) is 3.29. The number of nitrogens with one attached hydrogen (secondary N) is 2. The summed E-state index contributed by atoms with van der Waals surface area (Å²) in [7, 11) is 0. The average Bonchev–Trinajstić information content (AvgIpc) is 2.51. The number of halogens is 2. The van der Waals surface area contributed by atoms with E-state index in [9.17, 15) is 9.59 Å². The van der Waals surface area contributed by atoms with E-state index in [2.05, 4.69) is 10.6 Å². The molecule has 0 bridgehead atoms. The molecule has 2 rings (SSSR count). The molecule has 0 unspecified atom stereocenters. The molecule has 0 atom stereocenters. The van der Waals surface area contributed by atoms with Gasteiger partial charge in [-0.1, -0.05) is 47.5 Å². The second-order valence-electron chi connectivity index (χ2n) is 4.57. The number of rotatable bonds is 4. The van der Waals surface area contributed by atoms with Crippen LogP contribution >= 0.6 is 23.2 Å². The molecule has 0 aromatic heterocycles. The van der Waals surface area contributed by atoms with Crippen molar-refractivity contribution in [3.63, 3.8) is 0 Å². The smallest absolute Gasteiger partial charge is 0.313 e. The molecule has 0 saturated heterocycles. The zero-order chi connectivity index (χ0) is 15.9. The van der Waals surface area contributed by atoms with Gasteiger partial charge in [-0.2, -0.15) is 0 Å². The van der Waals surface area contributed by atoms with Crippen molar-refractivity contribution in [2.24, 2.45) is 0 Å². The van der Waals surface area contributed by atoms with Crippen LogP contribution in [-0.4, -0.2) is 18.4 Å². The molecule has 0 radical (unpaired) electrons. The molecule has 0 fully saturated rings. The van der Waals surface area contributed by atoms with Crippen molar-refractivity contribution in [2.45, 2.75) is 6.42 Å². The van der Waals surface area contributed by atoms with Gasteiger partial charge in [0.2, 0.25) is 0 Å². The Balaban J connectivity index is 1.80. The molecule has 4 nitrogen and oxygen atoms in total. The van der Waals surface area contributed by atoms with Crippen LogP contribution < -0.4 is 10.6 Å². The largest absolute Gasteiger partial charge is 0.347 e. The zero-order valence-corrected chi connectivity index (χ0v) is 13.1. The first-order valence-corrected chi connectivity index (χ1v) is 7.40. The highest BCUT2D eigenvalue weighted by atomic mass is 35.5. The highest BCUT2D eigenvalue weighted by Gasteiger charge is 2.14. The first-order valence-electron chi connectivity index (χ1n) is 6.64. The van der Waals surface area contributed by atoms with Gasteiger partial charge in [0.25, 0.3) is 0 Å². The van der Waals surface area contributed by atoms with Crippen LogP contribution in [0.5, 0.6) is 0 Å². The van der Waals surface area contributed by atoms with E-state index in [1.165, 1.54) is 0 Å². The molecule has 0 saturated carbocycles. The molecule has 6 heteroatoms. The Morgan fingerprint density at radius 1 is 0.909 bits per heavy atom. The zero-order valence-electron chi connectivity index (χ0n) is 11.6. The SMILES string of the molecule is O=C(NCCc1ccc(Cl)cc1)C(=O)Nc1ccccc1Cl. The van der Waals surface area contributed by atoms with Crippen molar-refractivity contribution in [3.8, 4) is 0 Å². The van der Waals surface area contributed by atoms with E-state index in [4.69, 9.17) is 23.2 Å². The lowest BCUT2D eigenvalue weighted by atomic mass is 10.1. The van der Waals surface area contributed by atoms with Gasteiger partial charge in [-0.05, 0) is 36.2 Å². The third-order valence-corrected chi connectivity index (χ3v) is 3.52. The lowest BCUT2D eigenvalue weighted by molar-refractivity contribution is -0.136. The molecule has 0 heterocycles. The van der Waals surface area contributed by atoms with E-state index in [1.807, 2.05) is 12.1 Å². The minimum Gasteiger partial charge on any atom is -0.347 e. The van der Waals surface area contributed by atoms with Crippen molar-refractivity contribution < 1.29 is 9.59 Å². The van der Waals surface area contributed by atoms with Crippen LogP contribution in [0.3, 0.4) is 0 Å². The fourth-order valence-electron chi connectivity index (χ4n) is 1.79. The van der Waals surface area contributed by atoms with E-state index >= 15 is 0 Å². The van der Waals surface area contributed by atoms with Gasteiger partial charge in [-0.3, -0.25) is 9.59 Å². The number of hydrogen-bond donors (Lipinski definition) is 2. The predicted molar refractivity (Wildman–Crippen MR) is 88.2 cm³/mol. The Morgan fingerprint density at radius 2 is 1.59 bits per heavy atom. The normalized spacial score (nSPS) is 10.1. The molecule has 0 spiro atoms. The minimum atomic E-state index is -0.746. The molecule has 114 valence electrons. The van der Waals surface area contributed by atoms with Crippen LogP contribution in [0.15, 0.2) is 48.5 Å². The minimum absolute atomic E-state index is 0.358. The van der Waals surface area contributed by atoms with Crippen molar-refractivity contribution in [2.75, 3.05) is 11.9 Å². The molecule has 22 heavy (non-hydrogen) atoms. The van der Waals surface area contributed by atoms with Gasteiger partial charge in [0.05, 0.1) is 10.7 Å². The maximum Gasteiger partial charge on any atom is 0.313 e.